The van der Waals surface area contributed by atoms with Gasteiger partial charge in [-0.25, -0.2) is 0 Å². The van der Waals surface area contributed by atoms with Gasteiger partial charge in [-0.15, -0.1) is 0 Å². The number of ether oxygens (including phenoxy) is 1. The third-order valence-electron chi connectivity index (χ3n) is 3.91. The van der Waals surface area contributed by atoms with Gasteiger partial charge in [-0.05, 0) is 38.6 Å². The van der Waals surface area contributed by atoms with Crippen molar-refractivity contribution in [2.45, 2.75) is 58.2 Å². The molecule has 19 heavy (non-hydrogen) atoms. The Morgan fingerprint density at radius 1 is 1.21 bits per heavy atom. The van der Waals surface area contributed by atoms with Crippen molar-refractivity contribution >= 4 is 0 Å². The molecule has 5 heteroatoms. The lowest BCUT2D eigenvalue weighted by atomic mass is 9.75. The van der Waals surface area contributed by atoms with Gasteiger partial charge in [0, 0.05) is 12.6 Å². The van der Waals surface area contributed by atoms with Crippen LogP contribution in [0.15, 0.2) is 0 Å². The molecule has 0 bridgehead atoms. The summed E-state index contributed by atoms with van der Waals surface area (Å²) in [5.74, 6) is -1.51. The van der Waals surface area contributed by atoms with Gasteiger partial charge in [0.05, 0.1) is 12.5 Å². The average molecular weight is 281 g/mol. The molecule has 0 heterocycles. The summed E-state index contributed by atoms with van der Waals surface area (Å²) in [7, 11) is 0. The van der Waals surface area contributed by atoms with Gasteiger partial charge >= 0.3 is 6.18 Å². The van der Waals surface area contributed by atoms with Crippen LogP contribution in [0.25, 0.3) is 0 Å². The number of halogens is 3. The molecule has 0 spiro atoms. The smallest absolute Gasteiger partial charge is 0.380 e. The van der Waals surface area contributed by atoms with E-state index in [9.17, 15) is 13.2 Å². The minimum Gasteiger partial charge on any atom is -0.380 e. The van der Waals surface area contributed by atoms with E-state index >= 15 is 0 Å². The number of nitrogens with one attached hydrogen (secondary N) is 1. The third kappa shape index (κ3) is 5.30. The SMILES string of the molecule is CCCNC(COCC)C1CCCCC1C(F)(F)F. The summed E-state index contributed by atoms with van der Waals surface area (Å²) in [5.41, 5.74) is 0. The molecular weight excluding hydrogens is 255 g/mol. The molecule has 1 aliphatic rings. The standard InChI is InChI=1S/C14H26F3NO/c1-3-9-18-13(10-19-4-2)11-7-5-6-8-12(11)14(15,16)17/h11-13,18H,3-10H2,1-2H3. The second-order valence-electron chi connectivity index (χ2n) is 5.32. The van der Waals surface area contributed by atoms with Gasteiger partial charge in [-0.2, -0.15) is 13.2 Å². The van der Waals surface area contributed by atoms with E-state index in [1.807, 2.05) is 13.8 Å². The van der Waals surface area contributed by atoms with Gasteiger partial charge in [0.15, 0.2) is 0 Å². The van der Waals surface area contributed by atoms with Crippen molar-refractivity contribution in [2.24, 2.45) is 11.8 Å². The summed E-state index contributed by atoms with van der Waals surface area (Å²) in [6.07, 6.45) is -0.651. The van der Waals surface area contributed by atoms with Crippen molar-refractivity contribution in [3.05, 3.63) is 0 Å². The predicted octanol–water partition coefficient (Wildman–Crippen LogP) is 3.76. The van der Waals surface area contributed by atoms with E-state index in [2.05, 4.69) is 5.32 Å². The van der Waals surface area contributed by atoms with Gasteiger partial charge in [0.2, 0.25) is 0 Å². The Balaban J connectivity index is 2.71. The van der Waals surface area contributed by atoms with E-state index in [0.717, 1.165) is 19.4 Å². The van der Waals surface area contributed by atoms with E-state index in [4.69, 9.17) is 4.74 Å². The Labute approximate surface area is 114 Å². The van der Waals surface area contributed by atoms with Crippen LogP contribution in [0.2, 0.25) is 0 Å². The van der Waals surface area contributed by atoms with Gasteiger partial charge in [0.1, 0.15) is 0 Å². The first-order valence-corrected chi connectivity index (χ1v) is 7.38. The van der Waals surface area contributed by atoms with E-state index in [1.165, 1.54) is 0 Å². The van der Waals surface area contributed by atoms with Crippen LogP contribution in [0.4, 0.5) is 13.2 Å². The Hall–Kier alpha value is -0.290. The normalized spacial score (nSPS) is 26.4. The van der Waals surface area contributed by atoms with Crippen LogP contribution in [0.3, 0.4) is 0 Å². The molecule has 2 nitrogen and oxygen atoms in total. The summed E-state index contributed by atoms with van der Waals surface area (Å²) in [4.78, 5) is 0. The molecule has 0 amide bonds. The van der Waals surface area contributed by atoms with Crippen LogP contribution in [0, 0.1) is 11.8 Å². The molecule has 1 fully saturated rings. The summed E-state index contributed by atoms with van der Waals surface area (Å²) < 4.78 is 44.8. The summed E-state index contributed by atoms with van der Waals surface area (Å²) in [6.45, 7) is 5.58. The lowest BCUT2D eigenvalue weighted by molar-refractivity contribution is -0.200. The van der Waals surface area contributed by atoms with Crippen LogP contribution in [0.5, 0.6) is 0 Å². The first kappa shape index (κ1) is 16.8. The van der Waals surface area contributed by atoms with Gasteiger partial charge in [-0.3, -0.25) is 0 Å². The zero-order valence-electron chi connectivity index (χ0n) is 11.9. The van der Waals surface area contributed by atoms with Crippen molar-refractivity contribution < 1.29 is 17.9 Å². The fourth-order valence-corrected chi connectivity index (χ4v) is 2.96. The first-order valence-electron chi connectivity index (χ1n) is 7.38. The Kier molecular flexibility index (Phi) is 7.15. The van der Waals surface area contributed by atoms with E-state index in [0.29, 0.717) is 26.1 Å². The molecule has 0 radical (unpaired) electrons. The Morgan fingerprint density at radius 3 is 2.47 bits per heavy atom. The number of hydrogen-bond acceptors (Lipinski definition) is 2. The van der Waals surface area contributed by atoms with E-state index < -0.39 is 12.1 Å². The highest BCUT2D eigenvalue weighted by Gasteiger charge is 2.47. The molecule has 114 valence electrons. The Bertz CT molecular complexity index is 237. The average Bonchev–Trinajstić information content (AvgIpc) is 2.38. The molecule has 0 aromatic carbocycles. The fourth-order valence-electron chi connectivity index (χ4n) is 2.96. The minimum absolute atomic E-state index is 0.174. The second-order valence-corrected chi connectivity index (χ2v) is 5.32. The van der Waals surface area contributed by atoms with Gasteiger partial charge in [-0.1, -0.05) is 19.8 Å². The monoisotopic (exact) mass is 281 g/mol. The van der Waals surface area contributed by atoms with Crippen molar-refractivity contribution in [1.82, 2.24) is 5.32 Å². The van der Waals surface area contributed by atoms with Crippen molar-refractivity contribution in [3.63, 3.8) is 0 Å². The number of rotatable bonds is 7. The maximum absolute atomic E-state index is 13.1. The molecule has 1 rings (SSSR count). The largest absolute Gasteiger partial charge is 0.392 e. The van der Waals surface area contributed by atoms with Crippen LogP contribution < -0.4 is 5.32 Å². The van der Waals surface area contributed by atoms with E-state index in [1.54, 1.807) is 0 Å². The number of alkyl halides is 3. The molecular formula is C14H26F3NO. The van der Waals surface area contributed by atoms with Crippen LogP contribution in [-0.2, 0) is 4.74 Å². The zero-order valence-corrected chi connectivity index (χ0v) is 11.9. The van der Waals surface area contributed by atoms with Gasteiger partial charge in [0.25, 0.3) is 0 Å². The third-order valence-corrected chi connectivity index (χ3v) is 3.91. The fraction of sp³-hybridized carbons (Fsp3) is 1.00. The van der Waals surface area contributed by atoms with Crippen molar-refractivity contribution in [2.75, 3.05) is 19.8 Å². The summed E-state index contributed by atoms with van der Waals surface area (Å²) in [6, 6.07) is -0.174. The van der Waals surface area contributed by atoms with Crippen molar-refractivity contribution in [1.29, 1.82) is 0 Å². The summed E-state index contributed by atoms with van der Waals surface area (Å²) >= 11 is 0. The Morgan fingerprint density at radius 2 is 1.89 bits per heavy atom. The van der Waals surface area contributed by atoms with Crippen LogP contribution in [0.1, 0.15) is 46.0 Å². The molecule has 3 atom stereocenters. The predicted molar refractivity (Wildman–Crippen MR) is 70.1 cm³/mol. The van der Waals surface area contributed by atoms with E-state index in [-0.39, 0.29) is 18.4 Å². The lowest BCUT2D eigenvalue weighted by Crippen LogP contribution is -2.48. The van der Waals surface area contributed by atoms with Gasteiger partial charge < -0.3 is 10.1 Å². The number of hydrogen-bond donors (Lipinski definition) is 1. The molecule has 0 aromatic rings. The lowest BCUT2D eigenvalue weighted by Gasteiger charge is -2.38. The molecule has 0 aromatic heterocycles. The molecule has 1 saturated carbocycles. The highest BCUT2D eigenvalue weighted by Crippen LogP contribution is 2.42. The maximum atomic E-state index is 13.1. The topological polar surface area (TPSA) is 21.3 Å². The van der Waals surface area contributed by atoms with Crippen LogP contribution in [-0.4, -0.2) is 32.0 Å². The summed E-state index contributed by atoms with van der Waals surface area (Å²) in [5, 5.41) is 3.25. The zero-order chi connectivity index (χ0) is 14.3. The molecule has 0 aliphatic heterocycles. The molecule has 1 N–H and O–H groups in total. The van der Waals surface area contributed by atoms with Crippen molar-refractivity contribution in [3.8, 4) is 0 Å². The highest BCUT2D eigenvalue weighted by atomic mass is 19.4. The highest BCUT2D eigenvalue weighted by molar-refractivity contribution is 4.88. The second kappa shape index (κ2) is 8.10. The molecule has 0 saturated heterocycles. The first-order chi connectivity index (χ1) is 9.00. The van der Waals surface area contributed by atoms with Crippen LogP contribution >= 0.6 is 0 Å². The minimum atomic E-state index is -4.08. The quantitative estimate of drug-likeness (QED) is 0.767. The molecule has 3 unspecified atom stereocenters. The molecule has 1 aliphatic carbocycles. The maximum Gasteiger partial charge on any atom is 0.392 e.